The molecule has 0 radical (unpaired) electrons. The van der Waals surface area contributed by atoms with Crippen molar-refractivity contribution in [2.75, 3.05) is 0 Å². The third-order valence-electron chi connectivity index (χ3n) is 5.31. The van der Waals surface area contributed by atoms with Crippen molar-refractivity contribution >= 4 is 28.5 Å². The van der Waals surface area contributed by atoms with Gasteiger partial charge in [-0.1, -0.05) is 54.1 Å². The van der Waals surface area contributed by atoms with Crippen LogP contribution in [0, 0.1) is 5.82 Å². The maximum atomic E-state index is 13.8. The van der Waals surface area contributed by atoms with Crippen LogP contribution in [-0.4, -0.2) is 10.8 Å². The number of carbonyl (C=O) groups is 1. The molecular weight excluding hydrogens is 405 g/mol. The molecule has 148 valence electrons. The smallest absolute Gasteiger partial charge is 0.291 e. The molecule has 0 spiro atoms. The molecule has 6 heteroatoms. The Bertz CT molecular complexity index is 1330. The summed E-state index contributed by atoms with van der Waals surface area (Å²) in [5, 5.41) is 0.660. The van der Waals surface area contributed by atoms with Crippen molar-refractivity contribution in [3.63, 3.8) is 0 Å². The van der Waals surface area contributed by atoms with Gasteiger partial charge in [0, 0.05) is 11.6 Å². The first kappa shape index (κ1) is 18.6. The zero-order valence-corrected chi connectivity index (χ0v) is 16.4. The molecule has 1 aliphatic rings. The Hall–Kier alpha value is -3.44. The molecular formula is C24H15ClFNO3. The van der Waals surface area contributed by atoms with Crippen LogP contribution in [0.5, 0.6) is 0 Å². The van der Waals surface area contributed by atoms with E-state index in [0.29, 0.717) is 11.6 Å². The van der Waals surface area contributed by atoms with E-state index in [1.54, 1.807) is 29.2 Å². The number of nitrogens with zero attached hydrogens (tertiary/aromatic N) is 1. The molecule has 1 aliphatic heterocycles. The number of hydrogen-bond donors (Lipinski definition) is 0. The Labute approximate surface area is 176 Å². The fourth-order valence-corrected chi connectivity index (χ4v) is 4.05. The topological polar surface area (TPSA) is 50.5 Å². The fraction of sp³-hybridized carbons (Fsp3) is 0.0833. The van der Waals surface area contributed by atoms with Gasteiger partial charge in [0.05, 0.1) is 17.0 Å². The molecule has 0 bridgehead atoms. The highest BCUT2D eigenvalue weighted by Crippen LogP contribution is 2.39. The maximum absolute atomic E-state index is 13.8. The summed E-state index contributed by atoms with van der Waals surface area (Å²) in [6.45, 7) is 0.293. The van der Waals surface area contributed by atoms with Crippen molar-refractivity contribution in [3.05, 3.63) is 116 Å². The predicted octanol–water partition coefficient (Wildman–Crippen LogP) is 5.33. The van der Waals surface area contributed by atoms with Crippen molar-refractivity contribution in [2.24, 2.45) is 0 Å². The SMILES string of the molecule is O=C1c2oc3ccc(F)cc3c(=O)c2C(c2ccc(Cl)cc2)N1Cc1ccccc1. The molecule has 3 aromatic carbocycles. The van der Waals surface area contributed by atoms with Crippen molar-refractivity contribution in [3.8, 4) is 0 Å². The molecule has 0 saturated heterocycles. The lowest BCUT2D eigenvalue weighted by molar-refractivity contribution is 0.0714. The van der Waals surface area contributed by atoms with Crippen molar-refractivity contribution < 1.29 is 13.6 Å². The van der Waals surface area contributed by atoms with E-state index in [9.17, 15) is 14.0 Å². The number of rotatable bonds is 3. The third-order valence-corrected chi connectivity index (χ3v) is 5.56. The Kier molecular flexibility index (Phi) is 4.40. The summed E-state index contributed by atoms with van der Waals surface area (Å²) < 4.78 is 19.6. The third kappa shape index (κ3) is 2.99. The van der Waals surface area contributed by atoms with Crippen LogP contribution in [0.4, 0.5) is 4.39 Å². The first-order valence-corrected chi connectivity index (χ1v) is 9.77. The minimum Gasteiger partial charge on any atom is -0.450 e. The van der Waals surface area contributed by atoms with E-state index in [1.165, 1.54) is 12.1 Å². The molecule has 2 heterocycles. The average molecular weight is 420 g/mol. The molecule has 0 N–H and O–H groups in total. The van der Waals surface area contributed by atoms with Crippen molar-refractivity contribution in [1.29, 1.82) is 0 Å². The van der Waals surface area contributed by atoms with E-state index < -0.39 is 17.3 Å². The van der Waals surface area contributed by atoms with Crippen LogP contribution >= 0.6 is 11.6 Å². The highest BCUT2D eigenvalue weighted by atomic mass is 35.5. The zero-order chi connectivity index (χ0) is 20.8. The number of hydrogen-bond acceptors (Lipinski definition) is 3. The van der Waals surface area contributed by atoms with Gasteiger partial charge in [-0.2, -0.15) is 0 Å². The number of benzene rings is 3. The lowest BCUT2D eigenvalue weighted by Crippen LogP contribution is -2.29. The van der Waals surface area contributed by atoms with Gasteiger partial charge >= 0.3 is 0 Å². The number of fused-ring (bicyclic) bond motifs is 2. The van der Waals surface area contributed by atoms with Gasteiger partial charge in [-0.05, 0) is 41.5 Å². The molecule has 0 aliphatic carbocycles. The van der Waals surface area contributed by atoms with E-state index in [0.717, 1.165) is 17.2 Å². The van der Waals surface area contributed by atoms with Gasteiger partial charge in [-0.15, -0.1) is 0 Å². The molecule has 1 atom stereocenters. The number of carbonyl (C=O) groups excluding carboxylic acids is 1. The Balaban J connectivity index is 1.74. The molecule has 4 aromatic rings. The van der Waals surface area contributed by atoms with Gasteiger partial charge in [-0.25, -0.2) is 4.39 Å². The number of amides is 1. The molecule has 1 amide bonds. The summed E-state index contributed by atoms with van der Waals surface area (Å²) in [5.74, 6) is -0.921. The van der Waals surface area contributed by atoms with Gasteiger partial charge < -0.3 is 9.32 Å². The monoisotopic (exact) mass is 419 g/mol. The largest absolute Gasteiger partial charge is 0.450 e. The molecule has 0 fully saturated rings. The van der Waals surface area contributed by atoms with Crippen molar-refractivity contribution in [2.45, 2.75) is 12.6 Å². The van der Waals surface area contributed by atoms with Crippen LogP contribution in [0.1, 0.15) is 33.3 Å². The second kappa shape index (κ2) is 7.11. The van der Waals surface area contributed by atoms with E-state index in [-0.39, 0.29) is 28.2 Å². The second-order valence-electron chi connectivity index (χ2n) is 7.19. The summed E-state index contributed by atoms with van der Waals surface area (Å²) >= 11 is 6.04. The summed E-state index contributed by atoms with van der Waals surface area (Å²) in [5.41, 5.74) is 1.64. The zero-order valence-electron chi connectivity index (χ0n) is 15.6. The van der Waals surface area contributed by atoms with Gasteiger partial charge in [0.15, 0.2) is 5.43 Å². The van der Waals surface area contributed by atoms with Crippen LogP contribution in [0.15, 0.2) is 82.0 Å². The second-order valence-corrected chi connectivity index (χ2v) is 7.62. The summed E-state index contributed by atoms with van der Waals surface area (Å²) in [4.78, 5) is 28.2. The van der Waals surface area contributed by atoms with E-state index in [2.05, 4.69) is 0 Å². The molecule has 4 nitrogen and oxygen atoms in total. The molecule has 1 aromatic heterocycles. The highest BCUT2D eigenvalue weighted by molar-refractivity contribution is 6.30. The lowest BCUT2D eigenvalue weighted by Gasteiger charge is -2.25. The van der Waals surface area contributed by atoms with Gasteiger partial charge in [0.25, 0.3) is 5.91 Å². The minimum absolute atomic E-state index is 0.00464. The van der Waals surface area contributed by atoms with Gasteiger partial charge in [0.2, 0.25) is 5.76 Å². The van der Waals surface area contributed by atoms with Gasteiger partial charge in [0.1, 0.15) is 11.4 Å². The summed E-state index contributed by atoms with van der Waals surface area (Å²) in [6, 6.07) is 19.5. The first-order valence-electron chi connectivity index (χ1n) is 9.39. The van der Waals surface area contributed by atoms with Crippen LogP contribution < -0.4 is 5.43 Å². The summed E-state index contributed by atoms with van der Waals surface area (Å²) in [6.07, 6.45) is 0. The predicted molar refractivity (Wildman–Crippen MR) is 112 cm³/mol. The average Bonchev–Trinajstić information content (AvgIpc) is 3.02. The normalized spacial score (nSPS) is 15.6. The Morgan fingerprint density at radius 2 is 1.70 bits per heavy atom. The fourth-order valence-electron chi connectivity index (χ4n) is 3.93. The van der Waals surface area contributed by atoms with Crippen molar-refractivity contribution in [1.82, 2.24) is 4.90 Å². The van der Waals surface area contributed by atoms with Crippen LogP contribution in [0.25, 0.3) is 11.0 Å². The van der Waals surface area contributed by atoms with E-state index >= 15 is 0 Å². The molecule has 0 saturated carbocycles. The molecule has 5 rings (SSSR count). The van der Waals surface area contributed by atoms with Gasteiger partial charge in [-0.3, -0.25) is 9.59 Å². The van der Waals surface area contributed by atoms with Crippen LogP contribution in [0.2, 0.25) is 5.02 Å². The van der Waals surface area contributed by atoms with Crippen LogP contribution in [0.3, 0.4) is 0 Å². The number of halogens is 2. The first-order chi connectivity index (χ1) is 14.5. The molecule has 1 unspecified atom stereocenters. The molecule has 30 heavy (non-hydrogen) atoms. The standard InChI is InChI=1S/C24H15ClFNO3/c25-16-8-6-15(7-9-16)21-20-22(28)18-12-17(26)10-11-19(18)30-23(20)24(29)27(21)13-14-4-2-1-3-5-14/h1-12,21H,13H2. The Morgan fingerprint density at radius 3 is 2.43 bits per heavy atom. The highest BCUT2D eigenvalue weighted by Gasteiger charge is 2.42. The quantitative estimate of drug-likeness (QED) is 0.451. The lowest BCUT2D eigenvalue weighted by atomic mass is 9.98. The van der Waals surface area contributed by atoms with E-state index in [1.807, 2.05) is 30.3 Å². The minimum atomic E-state index is -0.658. The van der Waals surface area contributed by atoms with Crippen LogP contribution in [-0.2, 0) is 6.54 Å². The summed E-state index contributed by atoms with van der Waals surface area (Å²) in [7, 11) is 0. The van der Waals surface area contributed by atoms with E-state index in [4.69, 9.17) is 16.0 Å². The Morgan fingerprint density at radius 1 is 0.967 bits per heavy atom. The maximum Gasteiger partial charge on any atom is 0.291 e.